The molecule has 0 aliphatic carbocycles. The van der Waals surface area contributed by atoms with Gasteiger partial charge in [0.15, 0.2) is 14.9 Å². The lowest BCUT2D eigenvalue weighted by Crippen LogP contribution is -2.49. The van der Waals surface area contributed by atoms with Crippen LogP contribution in [-0.4, -0.2) is 68.9 Å². The SMILES string of the molecule is CN(C)CCNC(=S)N1CCCC(S(=O)(=O)c2ccccc2)C1. The van der Waals surface area contributed by atoms with Crippen molar-refractivity contribution in [1.82, 2.24) is 15.1 Å². The second-order valence-corrected chi connectivity index (χ2v) is 8.72. The lowest BCUT2D eigenvalue weighted by molar-refractivity contribution is 0.334. The van der Waals surface area contributed by atoms with Gasteiger partial charge in [0.1, 0.15) is 0 Å². The minimum Gasteiger partial charge on any atom is -0.361 e. The summed E-state index contributed by atoms with van der Waals surface area (Å²) in [7, 11) is 0.716. The highest BCUT2D eigenvalue weighted by atomic mass is 32.2. The molecule has 0 saturated carbocycles. The molecule has 0 radical (unpaired) electrons. The first-order valence-corrected chi connectivity index (χ1v) is 9.83. The summed E-state index contributed by atoms with van der Waals surface area (Å²) in [6.45, 7) is 2.93. The van der Waals surface area contributed by atoms with Gasteiger partial charge in [0.25, 0.3) is 0 Å². The number of likely N-dealkylation sites (N-methyl/N-ethyl adjacent to an activating group) is 1. The van der Waals surface area contributed by atoms with Crippen molar-refractivity contribution in [2.75, 3.05) is 40.3 Å². The molecule has 1 atom stereocenters. The topological polar surface area (TPSA) is 52.6 Å². The van der Waals surface area contributed by atoms with Crippen molar-refractivity contribution in [3.63, 3.8) is 0 Å². The molecule has 1 aliphatic rings. The third kappa shape index (κ3) is 4.89. The second-order valence-electron chi connectivity index (χ2n) is 6.10. The van der Waals surface area contributed by atoms with Crippen LogP contribution in [0, 0.1) is 0 Å². The molecule has 23 heavy (non-hydrogen) atoms. The summed E-state index contributed by atoms with van der Waals surface area (Å²) < 4.78 is 25.5. The highest BCUT2D eigenvalue weighted by Gasteiger charge is 2.32. The average molecular weight is 356 g/mol. The molecular weight excluding hydrogens is 330 g/mol. The fourth-order valence-electron chi connectivity index (χ4n) is 2.68. The Kier molecular flexibility index (Phi) is 6.38. The maximum absolute atomic E-state index is 12.8. The summed E-state index contributed by atoms with van der Waals surface area (Å²) in [4.78, 5) is 4.46. The molecule has 1 aliphatic heterocycles. The zero-order valence-corrected chi connectivity index (χ0v) is 15.4. The predicted molar refractivity (Wildman–Crippen MR) is 97.4 cm³/mol. The lowest BCUT2D eigenvalue weighted by Gasteiger charge is -2.34. The summed E-state index contributed by atoms with van der Waals surface area (Å²) in [5.74, 6) is 0. The minimum atomic E-state index is -3.30. The van der Waals surface area contributed by atoms with Gasteiger partial charge in [0, 0.05) is 26.2 Å². The fraction of sp³-hybridized carbons (Fsp3) is 0.562. The number of benzene rings is 1. The van der Waals surface area contributed by atoms with Crippen molar-refractivity contribution in [3.8, 4) is 0 Å². The number of rotatable bonds is 5. The quantitative estimate of drug-likeness (QED) is 0.805. The second kappa shape index (κ2) is 8.08. The number of nitrogens with one attached hydrogen (secondary N) is 1. The molecule has 1 fully saturated rings. The van der Waals surface area contributed by atoms with Gasteiger partial charge >= 0.3 is 0 Å². The van der Waals surface area contributed by atoms with Crippen molar-refractivity contribution < 1.29 is 8.42 Å². The van der Waals surface area contributed by atoms with Crippen LogP contribution in [0.5, 0.6) is 0 Å². The van der Waals surface area contributed by atoms with Crippen LogP contribution >= 0.6 is 12.2 Å². The van der Waals surface area contributed by atoms with E-state index in [1.54, 1.807) is 24.3 Å². The first-order chi connectivity index (χ1) is 10.9. The molecular formula is C16H25N3O2S2. The molecule has 7 heteroatoms. The monoisotopic (exact) mass is 355 g/mol. The number of hydrogen-bond acceptors (Lipinski definition) is 4. The molecule has 1 saturated heterocycles. The Morgan fingerprint density at radius 1 is 1.35 bits per heavy atom. The molecule has 5 nitrogen and oxygen atoms in total. The van der Waals surface area contributed by atoms with Crippen molar-refractivity contribution in [1.29, 1.82) is 0 Å². The van der Waals surface area contributed by atoms with Gasteiger partial charge in [0.2, 0.25) is 0 Å². The zero-order valence-electron chi connectivity index (χ0n) is 13.7. The fourth-order valence-corrected chi connectivity index (χ4v) is 4.72. The Morgan fingerprint density at radius 2 is 2.04 bits per heavy atom. The first-order valence-electron chi connectivity index (χ1n) is 7.87. The number of sulfone groups is 1. The van der Waals surface area contributed by atoms with Crippen LogP contribution in [0.2, 0.25) is 0 Å². The summed E-state index contributed by atoms with van der Waals surface area (Å²) in [5, 5.41) is 3.47. The summed E-state index contributed by atoms with van der Waals surface area (Å²) in [5.41, 5.74) is 0. The van der Waals surface area contributed by atoms with E-state index < -0.39 is 15.1 Å². The highest BCUT2D eigenvalue weighted by molar-refractivity contribution is 7.92. The van der Waals surface area contributed by atoms with Crippen molar-refractivity contribution in [2.45, 2.75) is 23.0 Å². The van der Waals surface area contributed by atoms with Gasteiger partial charge in [0.05, 0.1) is 10.1 Å². The number of thiocarbonyl (C=S) groups is 1. The van der Waals surface area contributed by atoms with Gasteiger partial charge < -0.3 is 15.1 Å². The molecule has 2 rings (SSSR count). The summed E-state index contributed by atoms with van der Waals surface area (Å²) >= 11 is 5.42. The third-order valence-corrected chi connectivity index (χ3v) is 6.61. The van der Waals surface area contributed by atoms with Crippen LogP contribution in [-0.2, 0) is 9.84 Å². The van der Waals surface area contributed by atoms with E-state index in [4.69, 9.17) is 12.2 Å². The molecule has 1 heterocycles. The zero-order chi connectivity index (χ0) is 16.9. The Labute approximate surface area is 144 Å². The molecule has 1 unspecified atom stereocenters. The molecule has 0 spiro atoms. The normalized spacial score (nSPS) is 18.9. The Morgan fingerprint density at radius 3 is 2.70 bits per heavy atom. The van der Waals surface area contributed by atoms with Gasteiger partial charge in [-0.1, -0.05) is 18.2 Å². The molecule has 0 bridgehead atoms. The van der Waals surface area contributed by atoms with Crippen LogP contribution in [0.25, 0.3) is 0 Å². The third-order valence-electron chi connectivity index (χ3n) is 4.01. The minimum absolute atomic E-state index is 0.396. The molecule has 128 valence electrons. The number of likely N-dealkylation sites (tertiary alicyclic amines) is 1. The number of hydrogen-bond donors (Lipinski definition) is 1. The Bertz CT molecular complexity index is 617. The van der Waals surface area contributed by atoms with Gasteiger partial charge in [-0.25, -0.2) is 8.42 Å². The lowest BCUT2D eigenvalue weighted by atomic mass is 10.1. The van der Waals surface area contributed by atoms with Gasteiger partial charge in [-0.05, 0) is 51.3 Å². The Balaban J connectivity index is 1.99. The molecule has 0 amide bonds. The van der Waals surface area contributed by atoms with E-state index in [0.717, 1.165) is 26.1 Å². The van der Waals surface area contributed by atoms with E-state index in [9.17, 15) is 8.42 Å². The largest absolute Gasteiger partial charge is 0.361 e. The van der Waals surface area contributed by atoms with Crippen LogP contribution in [0.15, 0.2) is 35.2 Å². The van der Waals surface area contributed by atoms with Gasteiger partial charge in [-0.15, -0.1) is 0 Å². The average Bonchev–Trinajstić information content (AvgIpc) is 2.55. The van der Waals surface area contributed by atoms with Crippen molar-refractivity contribution in [3.05, 3.63) is 30.3 Å². The first kappa shape index (κ1) is 18.2. The van der Waals surface area contributed by atoms with E-state index >= 15 is 0 Å². The van der Waals surface area contributed by atoms with E-state index in [0.29, 0.717) is 23.0 Å². The van der Waals surface area contributed by atoms with E-state index in [1.165, 1.54) is 0 Å². The standard InChI is InChI=1S/C16H25N3O2S2/c1-18(2)12-10-17-16(22)19-11-6-9-15(13-19)23(20,21)14-7-4-3-5-8-14/h3-5,7-8,15H,6,9-13H2,1-2H3,(H,17,22). The smallest absolute Gasteiger partial charge is 0.182 e. The van der Waals surface area contributed by atoms with Crippen molar-refractivity contribution >= 4 is 27.2 Å². The molecule has 1 aromatic carbocycles. The van der Waals surface area contributed by atoms with E-state index in [2.05, 4.69) is 10.2 Å². The van der Waals surface area contributed by atoms with Gasteiger partial charge in [-0.2, -0.15) is 0 Å². The molecule has 1 N–H and O–H groups in total. The number of piperidine rings is 1. The molecule has 1 aromatic rings. The maximum atomic E-state index is 12.8. The Hall–Kier alpha value is -1.18. The van der Waals surface area contributed by atoms with Crippen LogP contribution in [0.4, 0.5) is 0 Å². The van der Waals surface area contributed by atoms with Gasteiger partial charge in [-0.3, -0.25) is 0 Å². The van der Waals surface area contributed by atoms with Crippen LogP contribution in [0.1, 0.15) is 12.8 Å². The molecule has 0 aromatic heterocycles. The summed E-state index contributed by atoms with van der Waals surface area (Å²) in [6, 6.07) is 8.70. The van der Waals surface area contributed by atoms with E-state index in [-0.39, 0.29) is 0 Å². The number of nitrogens with zero attached hydrogens (tertiary/aromatic N) is 2. The van der Waals surface area contributed by atoms with Crippen LogP contribution < -0.4 is 5.32 Å². The van der Waals surface area contributed by atoms with E-state index in [1.807, 2.05) is 25.1 Å². The predicted octanol–water partition coefficient (Wildman–Crippen LogP) is 1.36. The van der Waals surface area contributed by atoms with Crippen LogP contribution in [0.3, 0.4) is 0 Å². The maximum Gasteiger partial charge on any atom is 0.182 e. The summed E-state index contributed by atoms with van der Waals surface area (Å²) in [6.07, 6.45) is 1.53. The highest BCUT2D eigenvalue weighted by Crippen LogP contribution is 2.23. The van der Waals surface area contributed by atoms with Crippen molar-refractivity contribution in [2.24, 2.45) is 0 Å².